The number of hydrogen-bond donors (Lipinski definition) is 2. The molecule has 0 saturated heterocycles. The van der Waals surface area contributed by atoms with Gasteiger partial charge in [0, 0.05) is 4.47 Å². The topological polar surface area (TPSA) is 61.4 Å². The molecule has 0 heterocycles. The Kier molecular flexibility index (Phi) is 6.66. The zero-order chi connectivity index (χ0) is 18.4. The predicted molar refractivity (Wildman–Crippen MR) is 99.9 cm³/mol. The Hall–Kier alpha value is -2.25. The fraction of sp³-hybridized carbons (Fsp3) is 0.222. The van der Waals surface area contributed by atoms with Gasteiger partial charge in [-0.2, -0.15) is 0 Å². The molecule has 2 N–H and O–H groups in total. The minimum atomic E-state index is -0.607. The van der Waals surface area contributed by atoms with Crippen LogP contribution in [-0.4, -0.2) is 36.3 Å². The van der Waals surface area contributed by atoms with Crippen LogP contribution >= 0.6 is 15.9 Å². The zero-order valence-corrected chi connectivity index (χ0v) is 15.5. The molecule has 2 rings (SSSR count). The molecule has 2 aromatic rings. The third kappa shape index (κ3) is 5.37. The van der Waals surface area contributed by atoms with Gasteiger partial charge >= 0.3 is 0 Å². The number of nitrogens with zero attached hydrogens (tertiary/aromatic N) is 1. The van der Waals surface area contributed by atoms with Gasteiger partial charge in [0.05, 0.1) is 24.0 Å². The highest BCUT2D eigenvalue weighted by molar-refractivity contribution is 9.10. The van der Waals surface area contributed by atoms with Crippen molar-refractivity contribution in [3.8, 4) is 0 Å². The summed E-state index contributed by atoms with van der Waals surface area (Å²) in [6.07, 6.45) is 0. The number of amides is 2. The summed E-state index contributed by atoms with van der Waals surface area (Å²) in [4.78, 5) is 26.0. The van der Waals surface area contributed by atoms with Gasteiger partial charge < -0.3 is 10.6 Å². The number of benzene rings is 2. The lowest BCUT2D eigenvalue weighted by Gasteiger charge is -2.23. The maximum Gasteiger partial charge on any atom is 0.241 e. The molecule has 132 valence electrons. The lowest BCUT2D eigenvalue weighted by atomic mass is 10.2. The smallest absolute Gasteiger partial charge is 0.241 e. The van der Waals surface area contributed by atoms with Crippen molar-refractivity contribution < 1.29 is 14.0 Å². The summed E-state index contributed by atoms with van der Waals surface area (Å²) >= 11 is 3.36. The van der Waals surface area contributed by atoms with Crippen molar-refractivity contribution in [3.05, 3.63) is 58.8 Å². The second kappa shape index (κ2) is 8.73. The molecule has 0 aliphatic rings. The highest BCUT2D eigenvalue weighted by Crippen LogP contribution is 2.21. The first-order chi connectivity index (χ1) is 11.9. The van der Waals surface area contributed by atoms with Crippen LogP contribution in [0.5, 0.6) is 0 Å². The van der Waals surface area contributed by atoms with Gasteiger partial charge in [0.25, 0.3) is 0 Å². The Labute approximate surface area is 154 Å². The Morgan fingerprint density at radius 2 is 1.68 bits per heavy atom. The van der Waals surface area contributed by atoms with E-state index in [9.17, 15) is 14.0 Å². The van der Waals surface area contributed by atoms with Crippen LogP contribution in [0, 0.1) is 5.82 Å². The molecular formula is C18H19BrFN3O2. The molecule has 25 heavy (non-hydrogen) atoms. The zero-order valence-electron chi connectivity index (χ0n) is 13.9. The largest absolute Gasteiger partial charge is 0.324 e. The first-order valence-electron chi connectivity index (χ1n) is 7.68. The van der Waals surface area contributed by atoms with Crippen LogP contribution in [-0.2, 0) is 9.59 Å². The van der Waals surface area contributed by atoms with Crippen LogP contribution < -0.4 is 10.6 Å². The van der Waals surface area contributed by atoms with Crippen LogP contribution in [0.3, 0.4) is 0 Å². The molecule has 0 unspecified atom stereocenters. The van der Waals surface area contributed by atoms with Gasteiger partial charge in [0.1, 0.15) is 5.82 Å². The number of hydrogen-bond acceptors (Lipinski definition) is 3. The Morgan fingerprint density at radius 3 is 2.32 bits per heavy atom. The summed E-state index contributed by atoms with van der Waals surface area (Å²) in [5.41, 5.74) is 0.773. The Bertz CT molecular complexity index is 769. The molecule has 5 nitrogen and oxygen atoms in total. The van der Waals surface area contributed by atoms with E-state index in [-0.39, 0.29) is 24.0 Å². The highest BCUT2D eigenvalue weighted by Gasteiger charge is 2.21. The van der Waals surface area contributed by atoms with E-state index in [1.54, 1.807) is 37.1 Å². The van der Waals surface area contributed by atoms with Gasteiger partial charge in [0.2, 0.25) is 11.8 Å². The molecule has 0 fully saturated rings. The van der Waals surface area contributed by atoms with Crippen molar-refractivity contribution in [2.45, 2.75) is 13.0 Å². The summed E-state index contributed by atoms with van der Waals surface area (Å²) in [7, 11) is 1.66. The highest BCUT2D eigenvalue weighted by atomic mass is 79.9. The fourth-order valence-electron chi connectivity index (χ4n) is 2.12. The molecular weight excluding hydrogens is 389 g/mol. The standard InChI is InChI=1S/C18H19BrFN3O2/c1-12(18(25)22-16-10-6-4-8-14(16)20)23(2)11-17(24)21-15-9-5-3-7-13(15)19/h3-10,12H,11H2,1-2H3,(H,21,24)(H,22,25)/t12-/m0/s1. The van der Waals surface area contributed by atoms with Crippen molar-refractivity contribution in [2.24, 2.45) is 0 Å². The van der Waals surface area contributed by atoms with Gasteiger partial charge in [0.15, 0.2) is 0 Å². The average molecular weight is 408 g/mol. The first-order valence-corrected chi connectivity index (χ1v) is 8.48. The average Bonchev–Trinajstić information content (AvgIpc) is 2.58. The molecule has 0 saturated carbocycles. The number of anilines is 2. The number of halogens is 2. The molecule has 0 bridgehead atoms. The van der Waals surface area contributed by atoms with Gasteiger partial charge in [-0.15, -0.1) is 0 Å². The van der Waals surface area contributed by atoms with Crippen LogP contribution in [0.25, 0.3) is 0 Å². The number of para-hydroxylation sites is 2. The van der Waals surface area contributed by atoms with E-state index in [4.69, 9.17) is 0 Å². The Balaban J connectivity index is 1.92. The molecule has 0 aromatic heterocycles. The summed E-state index contributed by atoms with van der Waals surface area (Å²) in [5, 5.41) is 5.30. The van der Waals surface area contributed by atoms with E-state index in [2.05, 4.69) is 26.6 Å². The van der Waals surface area contributed by atoms with Crippen LogP contribution in [0.2, 0.25) is 0 Å². The quantitative estimate of drug-likeness (QED) is 0.770. The normalized spacial score (nSPS) is 11.9. The monoisotopic (exact) mass is 407 g/mol. The molecule has 7 heteroatoms. The maximum atomic E-state index is 13.6. The lowest BCUT2D eigenvalue weighted by molar-refractivity contribution is -0.122. The second-order valence-electron chi connectivity index (χ2n) is 5.59. The number of rotatable bonds is 6. The molecule has 2 aromatic carbocycles. The van der Waals surface area contributed by atoms with E-state index >= 15 is 0 Å². The third-order valence-electron chi connectivity index (χ3n) is 3.71. The summed E-state index contributed by atoms with van der Waals surface area (Å²) in [6, 6.07) is 12.6. The van der Waals surface area contributed by atoms with E-state index < -0.39 is 11.9 Å². The minimum Gasteiger partial charge on any atom is -0.324 e. The van der Waals surface area contributed by atoms with Crippen LogP contribution in [0.1, 0.15) is 6.92 Å². The summed E-state index contributed by atoms with van der Waals surface area (Å²) in [5.74, 6) is -1.14. The SMILES string of the molecule is C[C@@H](C(=O)Nc1ccccc1F)N(C)CC(=O)Nc1ccccc1Br. The number of likely N-dealkylation sites (N-methyl/N-ethyl adjacent to an activating group) is 1. The van der Waals surface area contributed by atoms with E-state index in [0.29, 0.717) is 5.69 Å². The van der Waals surface area contributed by atoms with E-state index in [1.165, 1.54) is 12.1 Å². The fourth-order valence-corrected chi connectivity index (χ4v) is 2.50. The molecule has 0 aliphatic carbocycles. The Morgan fingerprint density at radius 1 is 1.08 bits per heavy atom. The minimum absolute atomic E-state index is 0.0210. The third-order valence-corrected chi connectivity index (χ3v) is 4.40. The van der Waals surface area contributed by atoms with E-state index in [0.717, 1.165) is 4.47 Å². The second-order valence-corrected chi connectivity index (χ2v) is 6.44. The van der Waals surface area contributed by atoms with Gasteiger partial charge in [-0.1, -0.05) is 24.3 Å². The van der Waals surface area contributed by atoms with E-state index in [1.807, 2.05) is 18.2 Å². The van der Waals surface area contributed by atoms with Gasteiger partial charge in [-0.05, 0) is 54.2 Å². The van der Waals surface area contributed by atoms with Crippen molar-refractivity contribution in [2.75, 3.05) is 24.2 Å². The summed E-state index contributed by atoms with van der Waals surface area (Å²) < 4.78 is 14.4. The van der Waals surface area contributed by atoms with Crippen LogP contribution in [0.15, 0.2) is 53.0 Å². The maximum absolute atomic E-state index is 13.6. The van der Waals surface area contributed by atoms with Crippen molar-refractivity contribution >= 4 is 39.1 Å². The van der Waals surface area contributed by atoms with Crippen molar-refractivity contribution in [1.29, 1.82) is 0 Å². The number of carbonyl (C=O) groups excluding carboxylic acids is 2. The number of nitrogens with one attached hydrogen (secondary N) is 2. The van der Waals surface area contributed by atoms with Gasteiger partial charge in [-0.25, -0.2) is 4.39 Å². The van der Waals surface area contributed by atoms with Crippen molar-refractivity contribution in [3.63, 3.8) is 0 Å². The molecule has 2 amide bonds. The molecule has 0 spiro atoms. The lowest BCUT2D eigenvalue weighted by Crippen LogP contribution is -2.43. The molecule has 1 atom stereocenters. The first kappa shape index (κ1) is 19.1. The molecule has 0 aliphatic heterocycles. The number of carbonyl (C=O) groups is 2. The molecule has 0 radical (unpaired) electrons. The van der Waals surface area contributed by atoms with Gasteiger partial charge in [-0.3, -0.25) is 14.5 Å². The van der Waals surface area contributed by atoms with Crippen LogP contribution in [0.4, 0.5) is 15.8 Å². The summed E-state index contributed by atoms with van der Waals surface area (Å²) in [6.45, 7) is 1.68. The van der Waals surface area contributed by atoms with Crippen molar-refractivity contribution in [1.82, 2.24) is 4.90 Å². The predicted octanol–water partition coefficient (Wildman–Crippen LogP) is 3.49.